The summed E-state index contributed by atoms with van der Waals surface area (Å²) >= 11 is 0. The number of carbonyl (C=O) groups is 1. The van der Waals surface area contributed by atoms with Gasteiger partial charge in [-0.2, -0.15) is 22.0 Å². The third kappa shape index (κ3) is 6.00. The highest BCUT2D eigenvalue weighted by atomic mass is 19.4. The largest absolute Gasteiger partial charge is 0.490 e. The van der Waals surface area contributed by atoms with E-state index < -0.39 is 24.4 Å². The maximum absolute atomic E-state index is 12.9. The average Bonchev–Trinajstić information content (AvgIpc) is 2.61. The van der Waals surface area contributed by atoms with Gasteiger partial charge in [0.05, 0.1) is 17.9 Å². The molecule has 2 rings (SSSR count). The van der Waals surface area contributed by atoms with Crippen LogP contribution in [0.25, 0.3) is 0 Å². The van der Waals surface area contributed by atoms with E-state index in [4.69, 9.17) is 4.74 Å². The number of hydrogen-bond donors (Lipinski definition) is 2. The van der Waals surface area contributed by atoms with Gasteiger partial charge >= 0.3 is 18.8 Å². The van der Waals surface area contributed by atoms with Gasteiger partial charge in [-0.05, 0) is 36.8 Å². The Kier molecular flexibility index (Phi) is 7.02. The molecular formula is C18H17F5N2O3. The van der Waals surface area contributed by atoms with Gasteiger partial charge in [0.1, 0.15) is 0 Å². The van der Waals surface area contributed by atoms with Crippen LogP contribution < -0.4 is 20.1 Å². The van der Waals surface area contributed by atoms with Crippen molar-refractivity contribution in [3.63, 3.8) is 0 Å². The molecule has 5 nitrogen and oxygen atoms in total. The molecule has 0 radical (unpaired) electrons. The maximum Gasteiger partial charge on any atom is 0.418 e. The van der Waals surface area contributed by atoms with Crippen LogP contribution in [0.4, 0.5) is 32.4 Å². The van der Waals surface area contributed by atoms with E-state index in [0.717, 1.165) is 12.1 Å². The number of benzene rings is 2. The van der Waals surface area contributed by atoms with Crippen LogP contribution in [0, 0.1) is 0 Å². The molecule has 0 heterocycles. The SMILES string of the molecule is CCOc1cc(CNC(=O)Nc2ccccc2C(F)(F)F)ccc1OC(F)F. The van der Waals surface area contributed by atoms with E-state index in [1.54, 1.807) is 6.92 Å². The van der Waals surface area contributed by atoms with Gasteiger partial charge < -0.3 is 20.1 Å². The van der Waals surface area contributed by atoms with Crippen molar-refractivity contribution in [3.05, 3.63) is 53.6 Å². The van der Waals surface area contributed by atoms with Crippen LogP contribution in [0.15, 0.2) is 42.5 Å². The molecule has 0 aliphatic carbocycles. The first-order chi connectivity index (χ1) is 13.2. The molecule has 0 fully saturated rings. The van der Waals surface area contributed by atoms with Gasteiger partial charge in [0.25, 0.3) is 0 Å². The summed E-state index contributed by atoms with van der Waals surface area (Å²) in [5.41, 5.74) is -0.884. The first kappa shape index (κ1) is 21.3. The fourth-order valence-corrected chi connectivity index (χ4v) is 2.31. The predicted octanol–water partition coefficient (Wildman–Crippen LogP) is 5.03. The minimum Gasteiger partial charge on any atom is -0.490 e. The van der Waals surface area contributed by atoms with Gasteiger partial charge in [-0.15, -0.1) is 0 Å². The maximum atomic E-state index is 12.9. The fourth-order valence-electron chi connectivity index (χ4n) is 2.31. The molecule has 0 unspecified atom stereocenters. The van der Waals surface area contributed by atoms with Crippen molar-refractivity contribution in [2.75, 3.05) is 11.9 Å². The Hall–Kier alpha value is -3.04. The Morgan fingerprint density at radius 1 is 1.11 bits per heavy atom. The fraction of sp³-hybridized carbons (Fsp3) is 0.278. The normalized spacial score (nSPS) is 11.2. The van der Waals surface area contributed by atoms with Crippen molar-refractivity contribution in [1.29, 1.82) is 0 Å². The molecule has 0 atom stereocenters. The molecule has 28 heavy (non-hydrogen) atoms. The van der Waals surface area contributed by atoms with E-state index in [1.165, 1.54) is 30.3 Å². The molecule has 0 spiro atoms. The Bertz CT molecular complexity index is 812. The van der Waals surface area contributed by atoms with Crippen LogP contribution in [0.3, 0.4) is 0 Å². The minimum atomic E-state index is -4.61. The minimum absolute atomic E-state index is 0.0601. The number of anilines is 1. The summed E-state index contributed by atoms with van der Waals surface area (Å²) in [6.07, 6.45) is -4.61. The first-order valence-electron chi connectivity index (χ1n) is 8.12. The summed E-state index contributed by atoms with van der Waals surface area (Å²) in [6.45, 7) is -1.24. The van der Waals surface area contributed by atoms with Gasteiger partial charge in [-0.1, -0.05) is 18.2 Å². The van der Waals surface area contributed by atoms with Crippen molar-refractivity contribution >= 4 is 11.7 Å². The van der Waals surface area contributed by atoms with Crippen LogP contribution in [0.5, 0.6) is 11.5 Å². The lowest BCUT2D eigenvalue weighted by Crippen LogP contribution is -2.29. The Morgan fingerprint density at radius 3 is 2.46 bits per heavy atom. The van der Waals surface area contributed by atoms with Crippen LogP contribution in [-0.2, 0) is 12.7 Å². The van der Waals surface area contributed by atoms with Crippen molar-refractivity contribution in [2.45, 2.75) is 26.3 Å². The number of nitrogens with one attached hydrogen (secondary N) is 2. The molecule has 0 aromatic heterocycles. The van der Waals surface area contributed by atoms with Gasteiger partial charge in [0, 0.05) is 6.54 Å². The Labute approximate surface area is 157 Å². The number of halogens is 5. The number of hydrogen-bond acceptors (Lipinski definition) is 3. The summed E-state index contributed by atoms with van der Waals surface area (Å²) in [5, 5.41) is 4.53. The summed E-state index contributed by atoms with van der Waals surface area (Å²) in [5.74, 6) is -0.103. The standard InChI is InChI=1S/C18H17F5N2O3/c1-2-27-15-9-11(7-8-14(15)28-16(19)20)10-24-17(26)25-13-6-4-3-5-12(13)18(21,22)23/h3-9,16H,2,10H2,1H3,(H2,24,25,26). The van der Waals surface area contributed by atoms with Crippen molar-refractivity contribution < 1.29 is 36.2 Å². The lowest BCUT2D eigenvalue weighted by molar-refractivity contribution is -0.136. The zero-order chi connectivity index (χ0) is 20.7. The summed E-state index contributed by atoms with van der Waals surface area (Å²) in [7, 11) is 0. The summed E-state index contributed by atoms with van der Waals surface area (Å²) in [6, 6.07) is 7.77. The van der Waals surface area contributed by atoms with Crippen LogP contribution in [0.1, 0.15) is 18.1 Å². The Balaban J connectivity index is 2.04. The number of alkyl halides is 5. The molecule has 2 aromatic carbocycles. The van der Waals surface area contributed by atoms with Gasteiger partial charge in [0.2, 0.25) is 0 Å². The van der Waals surface area contributed by atoms with E-state index in [-0.39, 0.29) is 30.3 Å². The van der Waals surface area contributed by atoms with Crippen LogP contribution in [-0.4, -0.2) is 19.2 Å². The molecule has 2 N–H and O–H groups in total. The number of ether oxygens (including phenoxy) is 2. The third-order valence-electron chi connectivity index (χ3n) is 3.46. The topological polar surface area (TPSA) is 59.6 Å². The van der Waals surface area contributed by atoms with Crippen molar-refractivity contribution in [3.8, 4) is 11.5 Å². The number of para-hydroxylation sites is 1. The molecule has 0 saturated heterocycles. The second kappa shape index (κ2) is 9.25. The molecule has 10 heteroatoms. The zero-order valence-electron chi connectivity index (χ0n) is 14.6. The first-order valence-corrected chi connectivity index (χ1v) is 8.12. The highest BCUT2D eigenvalue weighted by molar-refractivity contribution is 5.90. The number of carbonyl (C=O) groups excluding carboxylic acids is 1. The molecule has 0 aliphatic heterocycles. The highest BCUT2D eigenvalue weighted by Gasteiger charge is 2.33. The zero-order valence-corrected chi connectivity index (χ0v) is 14.6. The number of urea groups is 1. The van der Waals surface area contributed by atoms with E-state index in [9.17, 15) is 26.7 Å². The summed E-state index contributed by atoms with van der Waals surface area (Å²) in [4.78, 5) is 11.9. The molecular weight excluding hydrogens is 387 g/mol. The third-order valence-corrected chi connectivity index (χ3v) is 3.46. The Morgan fingerprint density at radius 2 is 1.82 bits per heavy atom. The average molecular weight is 404 g/mol. The molecule has 2 aromatic rings. The quantitative estimate of drug-likeness (QED) is 0.637. The summed E-state index contributed by atoms with van der Waals surface area (Å²) < 4.78 is 73.2. The molecule has 0 aliphatic rings. The number of amides is 2. The monoisotopic (exact) mass is 404 g/mol. The highest BCUT2D eigenvalue weighted by Crippen LogP contribution is 2.34. The molecule has 2 amide bonds. The number of rotatable bonds is 7. The van der Waals surface area contributed by atoms with Crippen molar-refractivity contribution in [2.24, 2.45) is 0 Å². The molecule has 152 valence electrons. The van der Waals surface area contributed by atoms with Gasteiger partial charge in [-0.3, -0.25) is 0 Å². The van der Waals surface area contributed by atoms with E-state index in [0.29, 0.717) is 5.56 Å². The van der Waals surface area contributed by atoms with Gasteiger partial charge in [0.15, 0.2) is 11.5 Å². The van der Waals surface area contributed by atoms with Crippen LogP contribution in [0.2, 0.25) is 0 Å². The van der Waals surface area contributed by atoms with Gasteiger partial charge in [-0.25, -0.2) is 4.79 Å². The van der Waals surface area contributed by atoms with E-state index in [1.807, 2.05) is 0 Å². The molecule has 0 saturated carbocycles. The smallest absolute Gasteiger partial charge is 0.418 e. The van der Waals surface area contributed by atoms with Crippen molar-refractivity contribution in [1.82, 2.24) is 5.32 Å². The molecule has 0 bridgehead atoms. The van der Waals surface area contributed by atoms with E-state index >= 15 is 0 Å². The lowest BCUT2D eigenvalue weighted by Gasteiger charge is -2.15. The predicted molar refractivity (Wildman–Crippen MR) is 91.5 cm³/mol. The van der Waals surface area contributed by atoms with Crippen LogP contribution >= 0.6 is 0 Å². The second-order valence-corrected chi connectivity index (χ2v) is 5.44. The second-order valence-electron chi connectivity index (χ2n) is 5.44. The lowest BCUT2D eigenvalue weighted by atomic mass is 10.1. The van der Waals surface area contributed by atoms with E-state index in [2.05, 4.69) is 15.4 Å².